The van der Waals surface area contributed by atoms with E-state index in [1.807, 2.05) is 20.8 Å². The van der Waals surface area contributed by atoms with Crippen molar-refractivity contribution in [2.24, 2.45) is 5.92 Å². The molecule has 2 N–H and O–H groups in total. The van der Waals surface area contributed by atoms with Gasteiger partial charge in [0.1, 0.15) is 5.54 Å². The molecule has 0 bridgehead atoms. The minimum absolute atomic E-state index is 0.0987. The van der Waals surface area contributed by atoms with Crippen LogP contribution in [0.3, 0.4) is 0 Å². The van der Waals surface area contributed by atoms with Gasteiger partial charge in [-0.15, -0.1) is 0 Å². The molecule has 0 heterocycles. The zero-order chi connectivity index (χ0) is 9.78. The maximum atomic E-state index is 10.9. The number of aliphatic carboxylic acids is 1. The third-order valence-corrected chi connectivity index (χ3v) is 2.34. The van der Waals surface area contributed by atoms with E-state index in [-0.39, 0.29) is 5.92 Å². The summed E-state index contributed by atoms with van der Waals surface area (Å²) >= 11 is 0. The fourth-order valence-electron chi connectivity index (χ4n) is 0.911. The van der Waals surface area contributed by atoms with E-state index in [9.17, 15) is 4.79 Å². The molecule has 0 aliphatic carbocycles. The Morgan fingerprint density at radius 2 is 2.08 bits per heavy atom. The van der Waals surface area contributed by atoms with Gasteiger partial charge in [-0.2, -0.15) is 0 Å². The molecule has 0 radical (unpaired) electrons. The molecule has 0 fully saturated rings. The summed E-state index contributed by atoms with van der Waals surface area (Å²) in [6, 6.07) is 0. The molecule has 0 aliphatic rings. The topological polar surface area (TPSA) is 49.3 Å². The predicted molar refractivity (Wildman–Crippen MR) is 49.2 cm³/mol. The summed E-state index contributed by atoms with van der Waals surface area (Å²) in [5, 5.41) is 12.0. The van der Waals surface area contributed by atoms with Gasteiger partial charge in [-0.1, -0.05) is 20.8 Å². The maximum Gasteiger partial charge on any atom is 0.323 e. The van der Waals surface area contributed by atoms with Gasteiger partial charge in [0.15, 0.2) is 0 Å². The smallest absolute Gasteiger partial charge is 0.323 e. The van der Waals surface area contributed by atoms with E-state index >= 15 is 0 Å². The second kappa shape index (κ2) is 4.45. The van der Waals surface area contributed by atoms with Gasteiger partial charge in [-0.25, -0.2) is 0 Å². The summed E-state index contributed by atoms with van der Waals surface area (Å²) in [6.07, 6.45) is 0.954. The zero-order valence-corrected chi connectivity index (χ0v) is 8.35. The van der Waals surface area contributed by atoms with Crippen molar-refractivity contribution in [1.82, 2.24) is 5.32 Å². The normalized spacial score (nSPS) is 16.1. The number of carboxylic acids is 1. The molecule has 0 spiro atoms. The Hall–Kier alpha value is -0.570. The average molecular weight is 173 g/mol. The van der Waals surface area contributed by atoms with Crippen LogP contribution in [-0.4, -0.2) is 23.2 Å². The van der Waals surface area contributed by atoms with Crippen LogP contribution in [0.25, 0.3) is 0 Å². The van der Waals surface area contributed by atoms with Crippen molar-refractivity contribution >= 4 is 5.97 Å². The summed E-state index contributed by atoms with van der Waals surface area (Å²) in [5.41, 5.74) is -0.782. The molecule has 1 unspecified atom stereocenters. The lowest BCUT2D eigenvalue weighted by Crippen LogP contribution is -2.53. The largest absolute Gasteiger partial charge is 0.480 e. The Morgan fingerprint density at radius 1 is 1.58 bits per heavy atom. The van der Waals surface area contributed by atoms with Gasteiger partial charge < -0.3 is 10.4 Å². The van der Waals surface area contributed by atoms with Gasteiger partial charge in [0.2, 0.25) is 0 Å². The van der Waals surface area contributed by atoms with Crippen LogP contribution in [0, 0.1) is 5.92 Å². The molecule has 0 aliphatic heterocycles. The highest BCUT2D eigenvalue weighted by Gasteiger charge is 2.35. The Balaban J connectivity index is 4.29. The first kappa shape index (κ1) is 11.4. The zero-order valence-electron chi connectivity index (χ0n) is 8.35. The number of carboxylic acid groups (broad SMARTS) is 1. The van der Waals surface area contributed by atoms with Crippen LogP contribution in [-0.2, 0) is 4.79 Å². The summed E-state index contributed by atoms with van der Waals surface area (Å²) in [7, 11) is 0. The van der Waals surface area contributed by atoms with Crippen molar-refractivity contribution in [1.29, 1.82) is 0 Å². The fourth-order valence-corrected chi connectivity index (χ4v) is 0.911. The molecule has 0 saturated heterocycles. The summed E-state index contributed by atoms with van der Waals surface area (Å²) in [6.45, 7) is 8.33. The van der Waals surface area contributed by atoms with E-state index in [1.54, 1.807) is 6.92 Å². The van der Waals surface area contributed by atoms with E-state index in [1.165, 1.54) is 0 Å². The van der Waals surface area contributed by atoms with Gasteiger partial charge in [0.25, 0.3) is 0 Å². The highest BCUT2D eigenvalue weighted by Crippen LogP contribution is 2.16. The molecule has 0 saturated carbocycles. The Kier molecular flexibility index (Phi) is 4.24. The number of carbonyl (C=O) groups is 1. The predicted octanol–water partition coefficient (Wildman–Crippen LogP) is 1.49. The lowest BCUT2D eigenvalue weighted by atomic mass is 9.88. The lowest BCUT2D eigenvalue weighted by Gasteiger charge is -2.30. The van der Waals surface area contributed by atoms with Crippen molar-refractivity contribution in [3.8, 4) is 0 Å². The Bertz CT molecular complexity index is 157. The summed E-state index contributed by atoms with van der Waals surface area (Å²) in [5.74, 6) is -0.674. The highest BCUT2D eigenvalue weighted by atomic mass is 16.4. The first-order chi connectivity index (χ1) is 5.45. The number of hydrogen-bond acceptors (Lipinski definition) is 2. The molecule has 72 valence electrons. The number of nitrogens with one attached hydrogen (secondary N) is 1. The molecule has 0 aromatic heterocycles. The lowest BCUT2D eigenvalue weighted by molar-refractivity contribution is -0.146. The van der Waals surface area contributed by atoms with Crippen LogP contribution in [0.2, 0.25) is 0 Å². The van der Waals surface area contributed by atoms with Crippen LogP contribution >= 0.6 is 0 Å². The fraction of sp³-hybridized carbons (Fsp3) is 0.889. The molecule has 0 aromatic rings. The van der Waals surface area contributed by atoms with Crippen LogP contribution in [0.4, 0.5) is 0 Å². The molecule has 1 atom stereocenters. The minimum atomic E-state index is -0.782. The third kappa shape index (κ3) is 2.48. The van der Waals surface area contributed by atoms with Crippen molar-refractivity contribution in [2.75, 3.05) is 6.54 Å². The monoisotopic (exact) mass is 173 g/mol. The van der Waals surface area contributed by atoms with Crippen molar-refractivity contribution in [3.63, 3.8) is 0 Å². The molecule has 0 amide bonds. The van der Waals surface area contributed by atoms with Gasteiger partial charge >= 0.3 is 5.97 Å². The van der Waals surface area contributed by atoms with Crippen LogP contribution in [0.5, 0.6) is 0 Å². The van der Waals surface area contributed by atoms with Crippen molar-refractivity contribution in [2.45, 2.75) is 39.7 Å². The highest BCUT2D eigenvalue weighted by molar-refractivity contribution is 5.78. The van der Waals surface area contributed by atoms with Crippen LogP contribution in [0.15, 0.2) is 0 Å². The molecule has 0 rings (SSSR count). The van der Waals surface area contributed by atoms with E-state index in [2.05, 4.69) is 5.32 Å². The molecule has 12 heavy (non-hydrogen) atoms. The van der Waals surface area contributed by atoms with Gasteiger partial charge in [-0.3, -0.25) is 4.79 Å². The molecular formula is C9H19NO2. The third-order valence-electron chi connectivity index (χ3n) is 2.34. The summed E-state index contributed by atoms with van der Waals surface area (Å²) in [4.78, 5) is 10.9. The minimum Gasteiger partial charge on any atom is -0.480 e. The quantitative estimate of drug-likeness (QED) is 0.662. The van der Waals surface area contributed by atoms with Crippen molar-refractivity contribution < 1.29 is 9.90 Å². The average Bonchev–Trinajstić information content (AvgIpc) is 1.99. The Labute approximate surface area is 74.2 Å². The van der Waals surface area contributed by atoms with Gasteiger partial charge in [0.05, 0.1) is 0 Å². The number of rotatable bonds is 5. The Morgan fingerprint density at radius 3 is 2.33 bits per heavy atom. The molecule has 3 heteroatoms. The SMILES string of the molecule is CCCNC(C)(C(=O)O)C(C)C. The first-order valence-electron chi connectivity index (χ1n) is 4.43. The van der Waals surface area contributed by atoms with Gasteiger partial charge in [-0.05, 0) is 25.8 Å². The molecule has 0 aromatic carbocycles. The number of hydrogen-bond donors (Lipinski definition) is 2. The first-order valence-corrected chi connectivity index (χ1v) is 4.43. The maximum absolute atomic E-state index is 10.9. The second-order valence-electron chi connectivity index (χ2n) is 3.59. The second-order valence-corrected chi connectivity index (χ2v) is 3.59. The van der Waals surface area contributed by atoms with E-state index in [4.69, 9.17) is 5.11 Å². The van der Waals surface area contributed by atoms with E-state index in [0.29, 0.717) is 0 Å². The summed E-state index contributed by atoms with van der Waals surface area (Å²) < 4.78 is 0. The van der Waals surface area contributed by atoms with Crippen LogP contribution < -0.4 is 5.32 Å². The van der Waals surface area contributed by atoms with E-state index < -0.39 is 11.5 Å². The molecular weight excluding hydrogens is 154 g/mol. The standard InChI is InChI=1S/C9H19NO2/c1-5-6-10-9(4,7(2)3)8(11)12/h7,10H,5-6H2,1-4H3,(H,11,12). The van der Waals surface area contributed by atoms with Crippen molar-refractivity contribution in [3.05, 3.63) is 0 Å². The van der Waals surface area contributed by atoms with Crippen LogP contribution in [0.1, 0.15) is 34.1 Å². The van der Waals surface area contributed by atoms with E-state index in [0.717, 1.165) is 13.0 Å². The molecule has 3 nitrogen and oxygen atoms in total. The van der Waals surface area contributed by atoms with Gasteiger partial charge in [0, 0.05) is 0 Å².